The molecule has 0 saturated heterocycles. The van der Waals surface area contributed by atoms with Crippen LogP contribution < -0.4 is 4.74 Å². The van der Waals surface area contributed by atoms with Crippen LogP contribution in [0.3, 0.4) is 0 Å². The maximum atomic E-state index is 12.7. The van der Waals surface area contributed by atoms with Gasteiger partial charge in [-0.2, -0.15) is 0 Å². The van der Waals surface area contributed by atoms with Crippen LogP contribution in [0.15, 0.2) is 24.3 Å². The zero-order valence-electron chi connectivity index (χ0n) is 21.7. The van der Waals surface area contributed by atoms with E-state index in [9.17, 15) is 4.79 Å². The topological polar surface area (TPSA) is 26.3 Å². The molecule has 0 bridgehead atoms. The highest BCUT2D eigenvalue weighted by atomic mass is 16.5. The molecule has 0 aliphatic heterocycles. The summed E-state index contributed by atoms with van der Waals surface area (Å²) in [6.07, 6.45) is 23.8. The first-order valence-corrected chi connectivity index (χ1v) is 14.5. The Kier molecular flexibility index (Phi) is 11.8. The molecule has 0 N–H and O–H groups in total. The van der Waals surface area contributed by atoms with Gasteiger partial charge >= 0.3 is 5.97 Å². The molecule has 1 aromatic rings. The third-order valence-electron chi connectivity index (χ3n) is 8.59. The summed E-state index contributed by atoms with van der Waals surface area (Å²) in [6.45, 7) is 4.51. The molecular formula is C31H50O2. The average molecular weight is 455 g/mol. The van der Waals surface area contributed by atoms with E-state index in [1.54, 1.807) is 0 Å². The maximum Gasteiger partial charge on any atom is 0.314 e. The smallest absolute Gasteiger partial charge is 0.314 e. The van der Waals surface area contributed by atoms with Crippen LogP contribution >= 0.6 is 0 Å². The Morgan fingerprint density at radius 3 is 1.94 bits per heavy atom. The summed E-state index contributed by atoms with van der Waals surface area (Å²) in [5.41, 5.74) is 1.33. The largest absolute Gasteiger partial charge is 0.426 e. The molecule has 186 valence electrons. The van der Waals surface area contributed by atoms with Crippen molar-refractivity contribution in [3.05, 3.63) is 29.8 Å². The minimum atomic E-state index is -0.00240. The number of carbonyl (C=O) groups is 1. The summed E-state index contributed by atoms with van der Waals surface area (Å²) in [4.78, 5) is 12.7. The lowest BCUT2D eigenvalue weighted by atomic mass is 9.68. The van der Waals surface area contributed by atoms with Gasteiger partial charge in [-0.25, -0.2) is 0 Å². The highest BCUT2D eigenvalue weighted by molar-refractivity contribution is 5.75. The number of aryl methyl sites for hydroxylation is 1. The highest BCUT2D eigenvalue weighted by Gasteiger charge is 2.33. The minimum Gasteiger partial charge on any atom is -0.426 e. The van der Waals surface area contributed by atoms with Gasteiger partial charge in [-0.3, -0.25) is 4.79 Å². The Labute approximate surface area is 204 Å². The number of ether oxygens (including phenoxy) is 1. The zero-order chi connectivity index (χ0) is 23.3. The Hall–Kier alpha value is -1.31. The van der Waals surface area contributed by atoms with Gasteiger partial charge in [0.05, 0.1) is 5.92 Å². The molecular weight excluding hydrogens is 404 g/mol. The Morgan fingerprint density at radius 2 is 1.30 bits per heavy atom. The van der Waals surface area contributed by atoms with Crippen molar-refractivity contribution in [2.75, 3.05) is 0 Å². The van der Waals surface area contributed by atoms with Crippen LogP contribution in [0, 0.1) is 23.7 Å². The molecule has 0 atom stereocenters. The van der Waals surface area contributed by atoms with Gasteiger partial charge in [-0.15, -0.1) is 0 Å². The Morgan fingerprint density at radius 1 is 0.727 bits per heavy atom. The van der Waals surface area contributed by atoms with Crippen LogP contribution in [0.25, 0.3) is 0 Å². The number of hydrogen-bond donors (Lipinski definition) is 0. The predicted octanol–water partition coefficient (Wildman–Crippen LogP) is 9.30. The molecule has 2 fully saturated rings. The van der Waals surface area contributed by atoms with E-state index in [2.05, 4.69) is 26.0 Å². The molecule has 1 aromatic carbocycles. The van der Waals surface area contributed by atoms with E-state index in [4.69, 9.17) is 4.74 Å². The van der Waals surface area contributed by atoms with Crippen LogP contribution in [0.5, 0.6) is 5.75 Å². The molecule has 0 spiro atoms. The van der Waals surface area contributed by atoms with Crippen molar-refractivity contribution in [1.82, 2.24) is 0 Å². The maximum absolute atomic E-state index is 12.7. The van der Waals surface area contributed by atoms with Gasteiger partial charge in [0.15, 0.2) is 0 Å². The fourth-order valence-electron chi connectivity index (χ4n) is 6.29. The van der Waals surface area contributed by atoms with Crippen LogP contribution in [-0.4, -0.2) is 5.97 Å². The van der Waals surface area contributed by atoms with E-state index >= 15 is 0 Å². The van der Waals surface area contributed by atoms with Crippen LogP contribution in [-0.2, 0) is 11.2 Å². The van der Waals surface area contributed by atoms with Crippen molar-refractivity contribution < 1.29 is 9.53 Å². The van der Waals surface area contributed by atoms with Crippen LogP contribution in [0.4, 0.5) is 0 Å². The second-order valence-electron chi connectivity index (χ2n) is 11.1. The first-order valence-electron chi connectivity index (χ1n) is 14.5. The van der Waals surface area contributed by atoms with Gasteiger partial charge < -0.3 is 4.74 Å². The monoisotopic (exact) mass is 454 g/mol. The molecule has 2 aliphatic rings. The fraction of sp³-hybridized carbons (Fsp3) is 0.774. The molecule has 0 radical (unpaired) electrons. The molecule has 0 aromatic heterocycles. The summed E-state index contributed by atoms with van der Waals surface area (Å²) < 4.78 is 5.74. The highest BCUT2D eigenvalue weighted by Crippen LogP contribution is 2.42. The van der Waals surface area contributed by atoms with Crippen molar-refractivity contribution >= 4 is 5.97 Å². The second-order valence-corrected chi connectivity index (χ2v) is 11.1. The standard InChI is InChI=1S/C31H50O2/c1-3-5-7-8-9-10-12-26-13-17-27(18-14-26)28-19-21-29(22-20-28)31(32)33-30-23-15-25(16-24-30)11-6-4-2/h15-16,23-24,26-29H,3-14,17-22H2,1-2H3. The zero-order valence-corrected chi connectivity index (χ0v) is 21.7. The van der Waals surface area contributed by atoms with Gasteiger partial charge in [0.1, 0.15) is 5.75 Å². The van der Waals surface area contributed by atoms with Crippen LogP contribution in [0.2, 0.25) is 0 Å². The quantitative estimate of drug-likeness (QED) is 0.169. The van der Waals surface area contributed by atoms with Crippen LogP contribution in [0.1, 0.15) is 129 Å². The first-order chi connectivity index (χ1) is 16.2. The molecule has 2 nitrogen and oxygen atoms in total. The lowest BCUT2D eigenvalue weighted by molar-refractivity contribution is -0.140. The van der Waals surface area contributed by atoms with Gasteiger partial charge in [0.25, 0.3) is 0 Å². The van der Waals surface area contributed by atoms with Crippen molar-refractivity contribution in [2.24, 2.45) is 23.7 Å². The first kappa shape index (κ1) is 26.3. The van der Waals surface area contributed by atoms with Crippen molar-refractivity contribution in [3.8, 4) is 5.75 Å². The Bertz CT molecular complexity index is 648. The normalized spacial score (nSPS) is 25.6. The van der Waals surface area contributed by atoms with Gasteiger partial charge in [0.2, 0.25) is 0 Å². The van der Waals surface area contributed by atoms with Crippen molar-refractivity contribution in [3.63, 3.8) is 0 Å². The van der Waals surface area contributed by atoms with Gasteiger partial charge in [-0.1, -0.05) is 90.2 Å². The van der Waals surface area contributed by atoms with Gasteiger partial charge in [0, 0.05) is 0 Å². The molecule has 2 aliphatic carbocycles. The minimum absolute atomic E-state index is 0.00240. The lowest BCUT2D eigenvalue weighted by Crippen LogP contribution is -2.30. The predicted molar refractivity (Wildman–Crippen MR) is 140 cm³/mol. The fourth-order valence-corrected chi connectivity index (χ4v) is 6.29. The molecule has 2 heteroatoms. The van der Waals surface area contributed by atoms with E-state index in [1.165, 1.54) is 102 Å². The summed E-state index contributed by atoms with van der Waals surface area (Å²) in [5, 5.41) is 0. The number of hydrogen-bond acceptors (Lipinski definition) is 2. The van der Waals surface area contributed by atoms with E-state index in [-0.39, 0.29) is 11.9 Å². The lowest BCUT2D eigenvalue weighted by Gasteiger charge is -2.37. The van der Waals surface area contributed by atoms with E-state index in [0.29, 0.717) is 5.75 Å². The van der Waals surface area contributed by atoms with Crippen molar-refractivity contribution in [2.45, 2.75) is 129 Å². The van der Waals surface area contributed by atoms with E-state index < -0.39 is 0 Å². The average Bonchev–Trinajstić information content (AvgIpc) is 2.86. The van der Waals surface area contributed by atoms with Gasteiger partial charge in [-0.05, 0) is 86.8 Å². The molecule has 33 heavy (non-hydrogen) atoms. The SMILES string of the molecule is CCCCCCCCC1CCC(C2CCC(C(=O)Oc3ccc(CCCC)cc3)CC2)CC1. The molecule has 0 unspecified atom stereocenters. The molecule has 0 amide bonds. The van der Waals surface area contributed by atoms with E-state index in [1.807, 2.05) is 12.1 Å². The third kappa shape index (κ3) is 9.10. The molecule has 0 heterocycles. The number of rotatable bonds is 13. The Balaban J connectivity index is 1.30. The number of esters is 1. The summed E-state index contributed by atoms with van der Waals surface area (Å²) in [7, 11) is 0. The van der Waals surface area contributed by atoms with Crippen molar-refractivity contribution in [1.29, 1.82) is 0 Å². The number of unbranched alkanes of at least 4 members (excludes halogenated alkanes) is 6. The summed E-state index contributed by atoms with van der Waals surface area (Å²) in [6, 6.07) is 8.16. The summed E-state index contributed by atoms with van der Waals surface area (Å²) in [5.74, 6) is 3.57. The third-order valence-corrected chi connectivity index (χ3v) is 8.59. The summed E-state index contributed by atoms with van der Waals surface area (Å²) >= 11 is 0. The second kappa shape index (κ2) is 14.8. The number of carbonyl (C=O) groups excluding carboxylic acids is 1. The molecule has 3 rings (SSSR count). The number of benzene rings is 1. The van der Waals surface area contributed by atoms with E-state index in [0.717, 1.165) is 37.0 Å². The molecule has 2 saturated carbocycles.